The first-order valence-corrected chi connectivity index (χ1v) is 12.9. The zero-order valence-corrected chi connectivity index (χ0v) is 22.3. The number of carbonyl (C=O) groups is 1. The fraction of sp³-hybridized carbons (Fsp3) is 0.519. The van der Waals surface area contributed by atoms with E-state index in [1.54, 1.807) is 0 Å². The molecule has 0 aliphatic carbocycles. The summed E-state index contributed by atoms with van der Waals surface area (Å²) in [5.74, 6) is 1.34. The third-order valence-electron chi connectivity index (χ3n) is 4.75. The van der Waals surface area contributed by atoms with Crippen LogP contribution < -0.4 is 4.74 Å². The highest BCUT2D eigenvalue weighted by atomic mass is 32.2. The van der Waals surface area contributed by atoms with E-state index in [1.807, 2.05) is 41.7 Å². The first-order valence-electron chi connectivity index (χ1n) is 11.0. The topological polar surface area (TPSA) is 26.3 Å². The maximum absolute atomic E-state index is 11.1. The van der Waals surface area contributed by atoms with Crippen LogP contribution in [0.4, 0.5) is 0 Å². The van der Waals surface area contributed by atoms with Gasteiger partial charge in [0, 0.05) is 17.6 Å². The minimum atomic E-state index is -0.285. The highest BCUT2D eigenvalue weighted by Crippen LogP contribution is 2.43. The summed E-state index contributed by atoms with van der Waals surface area (Å²) < 4.78 is 5.24. The number of rotatable bonds is 12. The summed E-state index contributed by atoms with van der Waals surface area (Å²) in [6.45, 7) is 16.8. The van der Waals surface area contributed by atoms with Crippen LogP contribution in [0.1, 0.15) is 79.7 Å². The van der Waals surface area contributed by atoms with Gasteiger partial charge in [-0.25, -0.2) is 0 Å². The first-order chi connectivity index (χ1) is 14.5. The van der Waals surface area contributed by atoms with Crippen LogP contribution in [-0.2, 0) is 4.79 Å². The summed E-state index contributed by atoms with van der Waals surface area (Å²) in [6, 6.07) is 5.86. The SMILES string of the molecule is CC(=O)Oc1ccc(SC(C)(C)SCC=C(C)CCC=C(C)CCC=C(C)C)c(C)c1. The smallest absolute Gasteiger partial charge is 0.308 e. The molecule has 0 amide bonds. The van der Waals surface area contributed by atoms with Gasteiger partial charge < -0.3 is 4.74 Å². The van der Waals surface area contributed by atoms with Crippen molar-refractivity contribution in [3.63, 3.8) is 0 Å². The molecule has 0 saturated heterocycles. The van der Waals surface area contributed by atoms with Gasteiger partial charge >= 0.3 is 5.97 Å². The molecule has 0 saturated carbocycles. The molecule has 0 spiro atoms. The fourth-order valence-electron chi connectivity index (χ4n) is 2.98. The van der Waals surface area contributed by atoms with Gasteiger partial charge in [0.1, 0.15) is 5.75 Å². The molecule has 0 aliphatic heterocycles. The number of ether oxygens (including phenoxy) is 1. The molecule has 0 unspecified atom stereocenters. The van der Waals surface area contributed by atoms with E-state index in [4.69, 9.17) is 4.74 Å². The van der Waals surface area contributed by atoms with E-state index in [1.165, 1.54) is 28.5 Å². The van der Waals surface area contributed by atoms with Gasteiger partial charge in [-0.15, -0.1) is 23.5 Å². The normalized spacial score (nSPS) is 12.6. The van der Waals surface area contributed by atoms with Gasteiger partial charge in [-0.05, 0) is 97.9 Å². The zero-order valence-electron chi connectivity index (χ0n) is 20.6. The van der Waals surface area contributed by atoms with Crippen molar-refractivity contribution in [2.24, 2.45) is 0 Å². The van der Waals surface area contributed by atoms with Gasteiger partial charge in [0.05, 0.1) is 4.08 Å². The van der Waals surface area contributed by atoms with Crippen molar-refractivity contribution in [1.82, 2.24) is 0 Å². The van der Waals surface area contributed by atoms with Crippen LogP contribution in [0, 0.1) is 6.92 Å². The van der Waals surface area contributed by atoms with E-state index >= 15 is 0 Å². The number of carbonyl (C=O) groups excluding carboxylic acids is 1. The lowest BCUT2D eigenvalue weighted by Gasteiger charge is -2.24. The predicted molar refractivity (Wildman–Crippen MR) is 140 cm³/mol. The third-order valence-corrected chi connectivity index (χ3v) is 7.55. The maximum Gasteiger partial charge on any atom is 0.308 e. The molecule has 0 fully saturated rings. The van der Waals surface area contributed by atoms with Gasteiger partial charge in [0.15, 0.2) is 0 Å². The number of hydrogen-bond donors (Lipinski definition) is 0. The average Bonchev–Trinajstić information content (AvgIpc) is 2.63. The minimum absolute atomic E-state index is 0.0614. The van der Waals surface area contributed by atoms with E-state index in [9.17, 15) is 4.79 Å². The Morgan fingerprint density at radius 3 is 2.16 bits per heavy atom. The number of aryl methyl sites for hydroxylation is 1. The summed E-state index contributed by atoms with van der Waals surface area (Å²) in [5.41, 5.74) is 5.49. The molecule has 0 bridgehead atoms. The van der Waals surface area contributed by atoms with Crippen LogP contribution in [0.2, 0.25) is 0 Å². The summed E-state index contributed by atoms with van der Waals surface area (Å²) in [5, 5.41) is 0. The highest BCUT2D eigenvalue weighted by Gasteiger charge is 2.20. The van der Waals surface area contributed by atoms with Gasteiger partial charge in [0.2, 0.25) is 0 Å². The Balaban J connectivity index is 2.47. The van der Waals surface area contributed by atoms with E-state index < -0.39 is 0 Å². The second kappa shape index (κ2) is 13.9. The molecular weight excluding hydrogens is 420 g/mol. The molecule has 0 atom stereocenters. The van der Waals surface area contributed by atoms with Crippen LogP contribution in [0.5, 0.6) is 5.75 Å². The van der Waals surface area contributed by atoms with Crippen LogP contribution in [0.15, 0.2) is 58.0 Å². The van der Waals surface area contributed by atoms with Crippen LogP contribution in [0.3, 0.4) is 0 Å². The molecule has 0 N–H and O–H groups in total. The second-order valence-electron chi connectivity index (χ2n) is 8.79. The lowest BCUT2D eigenvalue weighted by Crippen LogP contribution is -2.09. The summed E-state index contributed by atoms with van der Waals surface area (Å²) >= 11 is 3.82. The van der Waals surface area contributed by atoms with Gasteiger partial charge in [-0.3, -0.25) is 4.79 Å². The molecular formula is C27H40O2S2. The average molecular weight is 461 g/mol. The van der Waals surface area contributed by atoms with Crippen molar-refractivity contribution in [1.29, 1.82) is 0 Å². The van der Waals surface area contributed by atoms with E-state index in [-0.39, 0.29) is 10.0 Å². The Hall–Kier alpha value is -1.39. The second-order valence-corrected chi connectivity index (χ2v) is 12.4. The lowest BCUT2D eigenvalue weighted by molar-refractivity contribution is -0.131. The molecule has 2 nitrogen and oxygen atoms in total. The lowest BCUT2D eigenvalue weighted by atomic mass is 10.1. The Bertz CT molecular complexity index is 813. The van der Waals surface area contributed by atoms with Gasteiger partial charge in [-0.2, -0.15) is 0 Å². The molecule has 0 heterocycles. The molecule has 1 aromatic rings. The fourth-order valence-corrected chi connectivity index (χ4v) is 5.35. The molecule has 0 aromatic heterocycles. The number of thioether (sulfide) groups is 2. The third kappa shape index (κ3) is 12.9. The predicted octanol–water partition coefficient (Wildman–Crippen LogP) is 8.90. The first kappa shape index (κ1) is 27.6. The van der Waals surface area contributed by atoms with Gasteiger partial charge in [0.25, 0.3) is 0 Å². The summed E-state index contributed by atoms with van der Waals surface area (Å²) in [7, 11) is 0. The molecule has 0 aliphatic rings. The highest BCUT2D eigenvalue weighted by molar-refractivity contribution is 8.18. The van der Waals surface area contributed by atoms with Crippen LogP contribution in [-0.4, -0.2) is 15.8 Å². The van der Waals surface area contributed by atoms with Crippen molar-refractivity contribution in [3.8, 4) is 5.75 Å². The molecule has 4 heteroatoms. The van der Waals surface area contributed by atoms with Crippen molar-refractivity contribution in [2.45, 2.75) is 90.0 Å². The van der Waals surface area contributed by atoms with Crippen molar-refractivity contribution in [2.75, 3.05) is 5.75 Å². The van der Waals surface area contributed by atoms with Crippen molar-refractivity contribution >= 4 is 29.5 Å². The Morgan fingerprint density at radius 1 is 0.968 bits per heavy atom. The summed E-state index contributed by atoms with van der Waals surface area (Å²) in [4.78, 5) is 12.4. The molecule has 172 valence electrons. The Labute approximate surface area is 199 Å². The van der Waals surface area contributed by atoms with Gasteiger partial charge in [-0.1, -0.05) is 34.9 Å². The van der Waals surface area contributed by atoms with Crippen LogP contribution in [0.25, 0.3) is 0 Å². The monoisotopic (exact) mass is 460 g/mol. The summed E-state index contributed by atoms with van der Waals surface area (Å²) in [6.07, 6.45) is 11.6. The molecule has 31 heavy (non-hydrogen) atoms. The number of hydrogen-bond acceptors (Lipinski definition) is 4. The maximum atomic E-state index is 11.1. The largest absolute Gasteiger partial charge is 0.427 e. The number of esters is 1. The zero-order chi connectivity index (χ0) is 23.4. The van der Waals surface area contributed by atoms with Crippen molar-refractivity contribution in [3.05, 3.63) is 58.7 Å². The number of benzene rings is 1. The standard InChI is InChI=1S/C27H40O2S2/c1-20(2)11-9-12-21(3)13-10-14-22(4)17-18-30-27(7,8)31-26-16-15-25(19-23(26)5)29-24(6)28/h11,13,15-17,19H,9-10,12,14,18H2,1-8H3. The molecule has 0 radical (unpaired) electrons. The Morgan fingerprint density at radius 2 is 1.58 bits per heavy atom. The van der Waals surface area contributed by atoms with Crippen molar-refractivity contribution < 1.29 is 9.53 Å². The van der Waals surface area contributed by atoms with E-state index in [2.05, 4.69) is 66.7 Å². The Kier molecular flexibility index (Phi) is 12.4. The van der Waals surface area contributed by atoms with E-state index in [0.29, 0.717) is 5.75 Å². The van der Waals surface area contributed by atoms with E-state index in [0.717, 1.165) is 37.0 Å². The quantitative estimate of drug-likeness (QED) is 0.102. The molecule has 1 aromatic carbocycles. The van der Waals surface area contributed by atoms with Crippen LogP contribution >= 0.6 is 23.5 Å². The number of allylic oxidation sites excluding steroid dienone is 5. The molecule has 1 rings (SSSR count). The minimum Gasteiger partial charge on any atom is -0.427 e.